The Morgan fingerprint density at radius 3 is 2.76 bits per heavy atom. The average molecular weight is 378 g/mol. The molecule has 6 heteroatoms. The number of carbonyl (C=O) groups is 1. The first-order valence-electron chi connectivity index (χ1n) is 6.87. The number of halogens is 2. The number of benzene rings is 1. The van der Waals surface area contributed by atoms with Crippen molar-refractivity contribution in [1.82, 2.24) is 0 Å². The Balaban J connectivity index is 0.00000220. The Morgan fingerprint density at radius 2 is 2.19 bits per heavy atom. The van der Waals surface area contributed by atoms with Crippen LogP contribution >= 0.6 is 28.3 Å². The number of methoxy groups -OCH3 is 1. The van der Waals surface area contributed by atoms with E-state index in [1.165, 1.54) is 0 Å². The first-order valence-corrected chi connectivity index (χ1v) is 7.66. The number of nitrogens with one attached hydrogen (secondary N) is 1. The molecule has 1 aromatic rings. The maximum absolute atomic E-state index is 12.4. The first-order chi connectivity index (χ1) is 9.44. The Kier molecular flexibility index (Phi) is 6.50. The number of hydrogen-bond acceptors (Lipinski definition) is 3. The SMILES string of the molecule is COc1ccc(NC(=O)C2CCCCC2(C)N)cc1Br.Cl. The van der Waals surface area contributed by atoms with E-state index in [-0.39, 0.29) is 24.2 Å². The van der Waals surface area contributed by atoms with E-state index >= 15 is 0 Å². The van der Waals surface area contributed by atoms with Crippen LogP contribution in [0.2, 0.25) is 0 Å². The fraction of sp³-hybridized carbons (Fsp3) is 0.533. The number of rotatable bonds is 3. The summed E-state index contributed by atoms with van der Waals surface area (Å²) in [6.45, 7) is 1.97. The van der Waals surface area contributed by atoms with E-state index in [9.17, 15) is 4.79 Å². The lowest BCUT2D eigenvalue weighted by Gasteiger charge is -2.37. The summed E-state index contributed by atoms with van der Waals surface area (Å²) in [5, 5.41) is 2.95. The summed E-state index contributed by atoms with van der Waals surface area (Å²) in [7, 11) is 1.61. The molecular formula is C15H22BrClN2O2. The predicted octanol–water partition coefficient (Wildman–Crippen LogP) is 3.73. The number of nitrogens with two attached hydrogens (primary N) is 1. The Bertz CT molecular complexity index is 508. The Labute approximate surface area is 140 Å². The van der Waals surface area contributed by atoms with Crippen LogP contribution in [0.1, 0.15) is 32.6 Å². The number of hydrogen-bond donors (Lipinski definition) is 2. The lowest BCUT2D eigenvalue weighted by atomic mass is 9.74. The predicted molar refractivity (Wildman–Crippen MR) is 91.1 cm³/mol. The van der Waals surface area contributed by atoms with Crippen molar-refractivity contribution < 1.29 is 9.53 Å². The quantitative estimate of drug-likeness (QED) is 0.843. The molecule has 1 aromatic carbocycles. The van der Waals surface area contributed by atoms with Crippen LogP contribution in [0, 0.1) is 5.92 Å². The fourth-order valence-electron chi connectivity index (χ4n) is 2.76. The number of carbonyl (C=O) groups excluding carboxylic acids is 1. The highest BCUT2D eigenvalue weighted by molar-refractivity contribution is 9.10. The molecule has 0 aliphatic heterocycles. The molecule has 3 N–H and O–H groups in total. The van der Waals surface area contributed by atoms with Crippen molar-refractivity contribution in [2.24, 2.45) is 11.7 Å². The minimum atomic E-state index is -0.411. The maximum Gasteiger partial charge on any atom is 0.229 e. The van der Waals surface area contributed by atoms with E-state index in [1.807, 2.05) is 25.1 Å². The van der Waals surface area contributed by atoms with Gasteiger partial charge in [-0.15, -0.1) is 12.4 Å². The van der Waals surface area contributed by atoms with Gasteiger partial charge in [-0.2, -0.15) is 0 Å². The third-order valence-corrected chi connectivity index (χ3v) is 4.61. The molecule has 2 atom stereocenters. The van der Waals surface area contributed by atoms with Crippen LogP contribution in [0.25, 0.3) is 0 Å². The largest absolute Gasteiger partial charge is 0.496 e. The molecule has 1 aliphatic carbocycles. The number of ether oxygens (including phenoxy) is 1. The summed E-state index contributed by atoms with van der Waals surface area (Å²) < 4.78 is 5.99. The molecule has 4 nitrogen and oxygen atoms in total. The van der Waals surface area contributed by atoms with E-state index in [4.69, 9.17) is 10.5 Å². The van der Waals surface area contributed by atoms with Gasteiger partial charge in [0.05, 0.1) is 17.5 Å². The van der Waals surface area contributed by atoms with Crippen molar-refractivity contribution >= 4 is 39.9 Å². The zero-order valence-electron chi connectivity index (χ0n) is 12.3. The molecule has 1 aliphatic rings. The van der Waals surface area contributed by atoms with E-state index in [0.717, 1.165) is 41.6 Å². The molecule has 0 aromatic heterocycles. The van der Waals surface area contributed by atoms with Crippen molar-refractivity contribution in [2.45, 2.75) is 38.1 Å². The molecule has 118 valence electrons. The van der Waals surface area contributed by atoms with Gasteiger partial charge < -0.3 is 15.8 Å². The lowest BCUT2D eigenvalue weighted by Crippen LogP contribution is -2.51. The zero-order valence-corrected chi connectivity index (χ0v) is 14.7. The molecule has 1 fully saturated rings. The second-order valence-electron chi connectivity index (χ2n) is 5.64. The summed E-state index contributed by atoms with van der Waals surface area (Å²) in [4.78, 5) is 12.4. The lowest BCUT2D eigenvalue weighted by molar-refractivity contribution is -0.122. The number of anilines is 1. The highest BCUT2D eigenvalue weighted by Crippen LogP contribution is 2.33. The first kappa shape index (κ1) is 18.3. The number of amides is 1. The molecule has 0 radical (unpaired) electrons. The monoisotopic (exact) mass is 376 g/mol. The van der Waals surface area contributed by atoms with Gasteiger partial charge in [-0.3, -0.25) is 4.79 Å². The summed E-state index contributed by atoms with van der Waals surface area (Å²) in [6.07, 6.45) is 3.93. The standard InChI is InChI=1S/C15H21BrN2O2.ClH/c1-15(17)8-4-3-5-11(15)14(19)18-10-6-7-13(20-2)12(16)9-10;/h6-7,9,11H,3-5,8,17H2,1-2H3,(H,18,19);1H. The van der Waals surface area contributed by atoms with E-state index in [1.54, 1.807) is 7.11 Å². The highest BCUT2D eigenvalue weighted by Gasteiger charge is 2.37. The van der Waals surface area contributed by atoms with Crippen molar-refractivity contribution in [3.8, 4) is 5.75 Å². The molecule has 0 heterocycles. The minimum absolute atomic E-state index is 0. The van der Waals surface area contributed by atoms with Crippen molar-refractivity contribution in [1.29, 1.82) is 0 Å². The van der Waals surface area contributed by atoms with Crippen molar-refractivity contribution in [3.05, 3.63) is 22.7 Å². The minimum Gasteiger partial charge on any atom is -0.496 e. The van der Waals surface area contributed by atoms with Crippen LogP contribution in [-0.4, -0.2) is 18.6 Å². The van der Waals surface area contributed by atoms with Crippen LogP contribution in [0.3, 0.4) is 0 Å². The molecule has 0 bridgehead atoms. The molecule has 21 heavy (non-hydrogen) atoms. The van der Waals surface area contributed by atoms with E-state index in [0.29, 0.717) is 0 Å². The van der Waals surface area contributed by atoms with Crippen LogP contribution in [0.4, 0.5) is 5.69 Å². The third-order valence-electron chi connectivity index (χ3n) is 3.99. The smallest absolute Gasteiger partial charge is 0.229 e. The maximum atomic E-state index is 12.4. The Hall–Kier alpha value is -0.780. The molecule has 0 saturated heterocycles. The summed E-state index contributed by atoms with van der Waals surface area (Å²) >= 11 is 3.41. The molecule has 0 spiro atoms. The average Bonchev–Trinajstić information content (AvgIpc) is 2.38. The molecule has 2 rings (SSSR count). The molecule has 1 amide bonds. The van der Waals surface area contributed by atoms with Gasteiger partial charge in [-0.05, 0) is 53.9 Å². The van der Waals surface area contributed by atoms with Crippen molar-refractivity contribution in [2.75, 3.05) is 12.4 Å². The molecule has 1 saturated carbocycles. The fourth-order valence-corrected chi connectivity index (χ4v) is 3.30. The highest BCUT2D eigenvalue weighted by atomic mass is 79.9. The van der Waals surface area contributed by atoms with Crippen LogP contribution < -0.4 is 15.8 Å². The van der Waals surface area contributed by atoms with Gasteiger partial charge >= 0.3 is 0 Å². The Morgan fingerprint density at radius 1 is 1.48 bits per heavy atom. The van der Waals surface area contributed by atoms with Gasteiger partial charge in [0.15, 0.2) is 0 Å². The second kappa shape index (κ2) is 7.47. The van der Waals surface area contributed by atoms with Gasteiger partial charge in [0.2, 0.25) is 5.91 Å². The summed E-state index contributed by atoms with van der Waals surface area (Å²) in [6, 6.07) is 5.49. The van der Waals surface area contributed by atoms with Gasteiger partial charge in [-0.25, -0.2) is 0 Å². The van der Waals surface area contributed by atoms with Crippen LogP contribution in [0.15, 0.2) is 22.7 Å². The van der Waals surface area contributed by atoms with Gasteiger partial charge in [0, 0.05) is 11.2 Å². The van der Waals surface area contributed by atoms with Crippen LogP contribution in [0.5, 0.6) is 5.75 Å². The van der Waals surface area contributed by atoms with E-state index in [2.05, 4.69) is 21.2 Å². The van der Waals surface area contributed by atoms with Gasteiger partial charge in [0.25, 0.3) is 0 Å². The summed E-state index contributed by atoms with van der Waals surface area (Å²) in [5.41, 5.74) is 6.61. The van der Waals surface area contributed by atoms with E-state index < -0.39 is 5.54 Å². The van der Waals surface area contributed by atoms with Gasteiger partial charge in [-0.1, -0.05) is 12.8 Å². The zero-order chi connectivity index (χ0) is 14.8. The third kappa shape index (κ3) is 4.34. The summed E-state index contributed by atoms with van der Waals surface area (Å²) in [5.74, 6) is 0.619. The second-order valence-corrected chi connectivity index (χ2v) is 6.50. The molecule has 2 unspecified atom stereocenters. The molecular weight excluding hydrogens is 356 g/mol. The normalized spacial score (nSPS) is 24.9. The van der Waals surface area contributed by atoms with Gasteiger partial charge in [0.1, 0.15) is 5.75 Å². The topological polar surface area (TPSA) is 64.3 Å². The van der Waals surface area contributed by atoms with Crippen molar-refractivity contribution in [3.63, 3.8) is 0 Å². The van der Waals surface area contributed by atoms with Crippen LogP contribution in [-0.2, 0) is 4.79 Å².